The van der Waals surface area contributed by atoms with Gasteiger partial charge in [-0.25, -0.2) is 9.98 Å². The summed E-state index contributed by atoms with van der Waals surface area (Å²) in [7, 11) is 0. The molecule has 40 heavy (non-hydrogen) atoms. The molecule has 0 spiro atoms. The molecule has 0 N–H and O–H groups in total. The van der Waals surface area contributed by atoms with Crippen molar-refractivity contribution in [3.8, 4) is 12.1 Å². The molecule has 0 amide bonds. The molecule has 0 unspecified atom stereocenters. The standard InChI is InChI=1S/C34H46N6/c1-5-9-21-39(22-10-6-2)31-17-13-29(14-18-31)27-37-33(25-35)34(26-36)38-28-30-15-19-32(20-16-30)40(23-11-7-3)24-12-8-4/h13-20,27-28H,5-12,21-24H2,1-4H3/b34-33-,37-27?,38-28?. The van der Waals surface area contributed by atoms with E-state index in [2.05, 4.69) is 71.7 Å². The Morgan fingerprint density at radius 3 is 1.12 bits per heavy atom. The zero-order chi connectivity index (χ0) is 29.0. The molecule has 0 heterocycles. The van der Waals surface area contributed by atoms with Crippen molar-refractivity contribution in [1.29, 1.82) is 10.5 Å². The van der Waals surface area contributed by atoms with E-state index < -0.39 is 0 Å². The van der Waals surface area contributed by atoms with Crippen LogP contribution in [-0.4, -0.2) is 38.6 Å². The van der Waals surface area contributed by atoms with Crippen LogP contribution < -0.4 is 9.80 Å². The molecule has 0 fully saturated rings. The van der Waals surface area contributed by atoms with Crippen LogP contribution >= 0.6 is 0 Å². The third kappa shape index (κ3) is 11.1. The van der Waals surface area contributed by atoms with Crippen molar-refractivity contribution in [2.24, 2.45) is 9.98 Å². The third-order valence-electron chi connectivity index (χ3n) is 6.76. The Morgan fingerprint density at radius 1 is 0.575 bits per heavy atom. The lowest BCUT2D eigenvalue weighted by Gasteiger charge is -2.24. The predicted octanol–water partition coefficient (Wildman–Crippen LogP) is 8.30. The smallest absolute Gasteiger partial charge is 0.176 e. The van der Waals surface area contributed by atoms with Crippen molar-refractivity contribution >= 4 is 23.8 Å². The summed E-state index contributed by atoms with van der Waals surface area (Å²) < 4.78 is 0. The monoisotopic (exact) mass is 538 g/mol. The quantitative estimate of drug-likeness (QED) is 0.141. The highest BCUT2D eigenvalue weighted by molar-refractivity contribution is 5.83. The molecule has 0 aromatic heterocycles. The molecule has 0 aliphatic heterocycles. The number of hydrogen-bond acceptors (Lipinski definition) is 6. The largest absolute Gasteiger partial charge is 0.372 e. The van der Waals surface area contributed by atoms with Crippen LogP contribution in [-0.2, 0) is 0 Å². The van der Waals surface area contributed by atoms with Gasteiger partial charge in [0.2, 0.25) is 0 Å². The number of nitriles is 2. The van der Waals surface area contributed by atoms with Crippen molar-refractivity contribution in [2.75, 3.05) is 36.0 Å². The van der Waals surface area contributed by atoms with E-state index in [0.717, 1.165) is 37.3 Å². The first-order chi connectivity index (χ1) is 19.6. The molecular weight excluding hydrogens is 492 g/mol. The van der Waals surface area contributed by atoms with Crippen LogP contribution in [0.5, 0.6) is 0 Å². The fraction of sp³-hybridized carbons (Fsp3) is 0.471. The van der Waals surface area contributed by atoms with Crippen LogP contribution in [0, 0.1) is 22.7 Å². The number of aliphatic imine (C=N–C) groups is 2. The van der Waals surface area contributed by atoms with Crippen molar-refractivity contribution in [3.05, 3.63) is 71.1 Å². The average Bonchev–Trinajstić information content (AvgIpc) is 2.99. The first-order valence-corrected chi connectivity index (χ1v) is 14.9. The topological polar surface area (TPSA) is 78.8 Å². The summed E-state index contributed by atoms with van der Waals surface area (Å²) in [6.45, 7) is 13.0. The van der Waals surface area contributed by atoms with Gasteiger partial charge in [0, 0.05) is 50.0 Å². The number of rotatable bonds is 18. The summed E-state index contributed by atoms with van der Waals surface area (Å²) in [5.41, 5.74) is 4.13. The second kappa shape index (κ2) is 19.2. The molecule has 0 saturated heterocycles. The Morgan fingerprint density at radius 2 is 0.875 bits per heavy atom. The molecule has 2 aromatic rings. The number of anilines is 2. The summed E-state index contributed by atoms with van der Waals surface area (Å²) in [6.07, 6.45) is 12.6. The molecule has 0 aliphatic rings. The lowest BCUT2D eigenvalue weighted by molar-refractivity contribution is 0.678. The lowest BCUT2D eigenvalue weighted by Crippen LogP contribution is -2.25. The number of benzene rings is 2. The fourth-order valence-corrected chi connectivity index (χ4v) is 4.24. The van der Waals surface area contributed by atoms with Gasteiger partial charge in [0.1, 0.15) is 12.1 Å². The van der Waals surface area contributed by atoms with E-state index in [-0.39, 0.29) is 11.4 Å². The zero-order valence-corrected chi connectivity index (χ0v) is 24.9. The molecule has 6 nitrogen and oxygen atoms in total. The minimum atomic E-state index is -0.00253. The van der Waals surface area contributed by atoms with Gasteiger partial charge >= 0.3 is 0 Å². The van der Waals surface area contributed by atoms with Crippen molar-refractivity contribution < 1.29 is 0 Å². The molecule has 2 rings (SSSR count). The number of nitrogens with zero attached hydrogens (tertiary/aromatic N) is 6. The maximum absolute atomic E-state index is 9.66. The Kier molecular flexibility index (Phi) is 15.5. The predicted molar refractivity (Wildman–Crippen MR) is 170 cm³/mol. The number of hydrogen-bond donors (Lipinski definition) is 0. The van der Waals surface area contributed by atoms with E-state index in [9.17, 15) is 10.5 Å². The molecule has 0 saturated carbocycles. The second-order valence-corrected chi connectivity index (χ2v) is 10.0. The second-order valence-electron chi connectivity index (χ2n) is 10.0. The van der Waals surface area contributed by atoms with Gasteiger partial charge in [0.25, 0.3) is 0 Å². The Hall–Kier alpha value is -3.90. The van der Waals surface area contributed by atoms with Crippen LogP contribution in [0.25, 0.3) is 0 Å². The van der Waals surface area contributed by atoms with Gasteiger partial charge in [-0.3, -0.25) is 0 Å². The van der Waals surface area contributed by atoms with E-state index in [1.165, 1.54) is 62.7 Å². The molecule has 2 aromatic carbocycles. The summed E-state index contributed by atoms with van der Waals surface area (Å²) in [5, 5.41) is 19.3. The minimum absolute atomic E-state index is 0.00253. The maximum Gasteiger partial charge on any atom is 0.176 e. The third-order valence-corrected chi connectivity index (χ3v) is 6.76. The molecule has 0 bridgehead atoms. The highest BCUT2D eigenvalue weighted by Crippen LogP contribution is 2.18. The van der Waals surface area contributed by atoms with Crippen LogP contribution in [0.2, 0.25) is 0 Å². The van der Waals surface area contributed by atoms with Gasteiger partial charge in [0.15, 0.2) is 11.4 Å². The summed E-state index contributed by atoms with van der Waals surface area (Å²) in [6, 6.07) is 20.5. The van der Waals surface area contributed by atoms with Gasteiger partial charge in [-0.05, 0) is 61.1 Å². The SMILES string of the molecule is CCCCN(CCCC)c1ccc(C=N/C(C#N)=C(/C#N)N=Cc2ccc(N(CCCC)CCCC)cc2)cc1. The lowest BCUT2D eigenvalue weighted by atomic mass is 10.1. The van der Waals surface area contributed by atoms with Crippen LogP contribution in [0.1, 0.15) is 90.2 Å². The van der Waals surface area contributed by atoms with E-state index in [4.69, 9.17) is 0 Å². The molecular formula is C34H46N6. The van der Waals surface area contributed by atoms with E-state index >= 15 is 0 Å². The van der Waals surface area contributed by atoms with Gasteiger partial charge in [-0.15, -0.1) is 0 Å². The first kappa shape index (κ1) is 32.3. The fourth-order valence-electron chi connectivity index (χ4n) is 4.24. The minimum Gasteiger partial charge on any atom is -0.372 e. The summed E-state index contributed by atoms with van der Waals surface area (Å²) >= 11 is 0. The van der Waals surface area contributed by atoms with Crippen molar-refractivity contribution in [2.45, 2.75) is 79.1 Å². The van der Waals surface area contributed by atoms with Gasteiger partial charge in [-0.1, -0.05) is 77.6 Å². The molecule has 0 aliphatic carbocycles. The summed E-state index contributed by atoms with van der Waals surface area (Å²) in [5.74, 6) is 0. The van der Waals surface area contributed by atoms with E-state index in [0.29, 0.717) is 0 Å². The van der Waals surface area contributed by atoms with E-state index in [1.54, 1.807) is 12.4 Å². The maximum atomic E-state index is 9.66. The Labute approximate surface area is 242 Å². The number of unbranched alkanes of at least 4 members (excludes halogenated alkanes) is 4. The van der Waals surface area contributed by atoms with Crippen LogP contribution in [0.3, 0.4) is 0 Å². The summed E-state index contributed by atoms with van der Waals surface area (Å²) in [4.78, 5) is 13.5. The van der Waals surface area contributed by atoms with Gasteiger partial charge in [-0.2, -0.15) is 10.5 Å². The average molecular weight is 539 g/mol. The molecule has 0 radical (unpaired) electrons. The zero-order valence-electron chi connectivity index (χ0n) is 24.9. The highest BCUT2D eigenvalue weighted by atomic mass is 15.1. The Bertz CT molecular complexity index is 1050. The van der Waals surface area contributed by atoms with E-state index in [1.807, 2.05) is 36.4 Å². The van der Waals surface area contributed by atoms with Crippen molar-refractivity contribution in [1.82, 2.24) is 0 Å². The normalized spacial score (nSPS) is 11.8. The molecule has 0 atom stereocenters. The van der Waals surface area contributed by atoms with Gasteiger partial charge in [0.05, 0.1) is 0 Å². The van der Waals surface area contributed by atoms with Crippen molar-refractivity contribution in [3.63, 3.8) is 0 Å². The number of allylic oxidation sites excluding steroid dienone is 2. The first-order valence-electron chi connectivity index (χ1n) is 14.9. The van der Waals surface area contributed by atoms with Crippen LogP contribution in [0.4, 0.5) is 11.4 Å². The molecule has 212 valence electrons. The Balaban J connectivity index is 2.14. The van der Waals surface area contributed by atoms with Gasteiger partial charge < -0.3 is 9.80 Å². The molecule has 6 heteroatoms. The van der Waals surface area contributed by atoms with Crippen LogP contribution in [0.15, 0.2) is 69.9 Å². The highest BCUT2D eigenvalue weighted by Gasteiger charge is 2.08.